The Balaban J connectivity index is 2.31. The van der Waals surface area contributed by atoms with Crippen molar-refractivity contribution in [3.63, 3.8) is 0 Å². The average molecular weight is 287 g/mol. The molecule has 0 aliphatic heterocycles. The van der Waals surface area contributed by atoms with Gasteiger partial charge in [0.05, 0.1) is 0 Å². The molecule has 0 radical (unpaired) electrons. The maximum atomic E-state index is 4.40. The van der Waals surface area contributed by atoms with Crippen LogP contribution in [0.1, 0.15) is 12.5 Å². The molecule has 2 heterocycles. The molecule has 3 nitrogen and oxygen atoms in total. The summed E-state index contributed by atoms with van der Waals surface area (Å²) in [5.41, 5.74) is 4.02. The first kappa shape index (κ1) is 14.0. The van der Waals surface area contributed by atoms with Crippen molar-refractivity contribution in [2.45, 2.75) is 6.92 Å². The van der Waals surface area contributed by atoms with Crippen LogP contribution >= 0.6 is 0 Å². The number of H-pyrrole nitrogens is 1. The fraction of sp³-hybridized carbons (Fsp3) is 0.0526. The van der Waals surface area contributed by atoms with Gasteiger partial charge in [0, 0.05) is 29.7 Å². The van der Waals surface area contributed by atoms with Gasteiger partial charge in [-0.15, -0.1) is 0 Å². The molecule has 0 bridgehead atoms. The fourth-order valence-electron chi connectivity index (χ4n) is 2.49. The number of allylic oxidation sites excluding steroid dienone is 2. The molecule has 0 fully saturated rings. The quantitative estimate of drug-likeness (QED) is 0.804. The zero-order valence-corrected chi connectivity index (χ0v) is 12.5. The first-order valence-corrected chi connectivity index (χ1v) is 7.17. The number of nitrogens with one attached hydrogen (secondary N) is 1. The van der Waals surface area contributed by atoms with E-state index in [0.717, 1.165) is 32.8 Å². The molecule has 0 saturated heterocycles. The van der Waals surface area contributed by atoms with E-state index in [1.165, 1.54) is 0 Å². The Labute approximate surface area is 129 Å². The summed E-state index contributed by atoms with van der Waals surface area (Å²) < 4.78 is 0. The van der Waals surface area contributed by atoms with E-state index in [0.29, 0.717) is 0 Å². The highest BCUT2D eigenvalue weighted by atomic mass is 15.1. The van der Waals surface area contributed by atoms with Crippen LogP contribution in [0.4, 0.5) is 0 Å². The van der Waals surface area contributed by atoms with Gasteiger partial charge in [0.2, 0.25) is 0 Å². The maximum absolute atomic E-state index is 4.40. The van der Waals surface area contributed by atoms with Crippen molar-refractivity contribution in [3.8, 4) is 11.3 Å². The van der Waals surface area contributed by atoms with Gasteiger partial charge in [-0.25, -0.2) is 0 Å². The molecule has 108 valence electrons. The molecule has 0 unspecified atom stereocenters. The minimum absolute atomic E-state index is 0.893. The molecule has 0 aliphatic rings. The maximum Gasteiger partial charge on any atom is 0.101 e. The van der Waals surface area contributed by atoms with Crippen molar-refractivity contribution in [3.05, 3.63) is 83.1 Å². The average Bonchev–Trinajstić information content (AvgIpc) is 3.04. The van der Waals surface area contributed by atoms with Crippen molar-refractivity contribution < 1.29 is 0 Å². The highest BCUT2D eigenvalue weighted by molar-refractivity contribution is 5.82. The molecule has 0 amide bonds. The van der Waals surface area contributed by atoms with Gasteiger partial charge in [-0.05, 0) is 35.1 Å². The lowest BCUT2D eigenvalue weighted by molar-refractivity contribution is 1.09. The summed E-state index contributed by atoms with van der Waals surface area (Å²) in [6, 6.07) is 12.0. The van der Waals surface area contributed by atoms with E-state index in [1.807, 2.05) is 55.7 Å². The highest BCUT2D eigenvalue weighted by Gasteiger charge is 2.11. The first-order chi connectivity index (χ1) is 10.8. The second kappa shape index (κ2) is 6.22. The summed E-state index contributed by atoms with van der Waals surface area (Å²) in [6.45, 7) is 6.15. The van der Waals surface area contributed by atoms with Crippen LogP contribution in [0.3, 0.4) is 0 Å². The van der Waals surface area contributed by atoms with E-state index < -0.39 is 0 Å². The smallest absolute Gasteiger partial charge is 0.101 e. The van der Waals surface area contributed by atoms with E-state index in [-0.39, 0.29) is 0 Å². The molecule has 22 heavy (non-hydrogen) atoms. The van der Waals surface area contributed by atoms with Crippen molar-refractivity contribution >= 4 is 12.2 Å². The molecular formula is C19H17N3. The Morgan fingerprint density at radius 3 is 2.77 bits per heavy atom. The lowest BCUT2D eigenvalue weighted by Gasteiger charge is -2.04. The van der Waals surface area contributed by atoms with Gasteiger partial charge in [-0.1, -0.05) is 43.0 Å². The molecule has 0 atom stereocenters. The zero-order chi connectivity index (χ0) is 15.4. The molecular weight excluding hydrogens is 270 g/mol. The summed E-state index contributed by atoms with van der Waals surface area (Å²) in [6.07, 6.45) is 9.63. The second-order valence-corrected chi connectivity index (χ2v) is 4.96. The Kier molecular flexibility index (Phi) is 3.97. The van der Waals surface area contributed by atoms with E-state index in [2.05, 4.69) is 33.9 Å². The van der Waals surface area contributed by atoms with E-state index in [9.17, 15) is 0 Å². The molecule has 0 aliphatic carbocycles. The van der Waals surface area contributed by atoms with Crippen LogP contribution < -0.4 is 10.4 Å². The number of pyridine rings is 1. The van der Waals surface area contributed by atoms with Crippen molar-refractivity contribution in [1.29, 1.82) is 0 Å². The van der Waals surface area contributed by atoms with Gasteiger partial charge in [0.15, 0.2) is 0 Å². The largest absolute Gasteiger partial charge is 0.284 e. The van der Waals surface area contributed by atoms with Gasteiger partial charge in [-0.2, -0.15) is 5.10 Å². The monoisotopic (exact) mass is 287 g/mol. The summed E-state index contributed by atoms with van der Waals surface area (Å²) in [5.74, 6) is 0. The zero-order valence-electron chi connectivity index (χ0n) is 12.5. The second-order valence-electron chi connectivity index (χ2n) is 4.96. The number of nitrogens with zero attached hydrogens (tertiary/aromatic N) is 2. The number of aromatic nitrogens is 3. The molecule has 0 saturated carbocycles. The fourth-order valence-corrected chi connectivity index (χ4v) is 2.49. The number of hydrogen-bond donors (Lipinski definition) is 1. The number of benzene rings is 1. The van der Waals surface area contributed by atoms with Crippen LogP contribution in [0.15, 0.2) is 67.1 Å². The molecule has 0 spiro atoms. The topological polar surface area (TPSA) is 41.6 Å². The van der Waals surface area contributed by atoms with Crippen LogP contribution in [0, 0.1) is 0 Å². The molecule has 3 aromatic rings. The predicted molar refractivity (Wildman–Crippen MR) is 90.4 cm³/mol. The summed E-state index contributed by atoms with van der Waals surface area (Å²) in [7, 11) is 0. The number of hydrogen-bond acceptors (Lipinski definition) is 2. The molecule has 3 heteroatoms. The Bertz CT molecular complexity index is 905. The molecule has 1 N–H and O–H groups in total. The van der Waals surface area contributed by atoms with Crippen molar-refractivity contribution in [2.24, 2.45) is 0 Å². The number of aromatic amines is 1. The lowest BCUT2D eigenvalue weighted by Crippen LogP contribution is -2.24. The molecule has 3 rings (SSSR count). The van der Waals surface area contributed by atoms with Gasteiger partial charge in [0.25, 0.3) is 0 Å². The van der Waals surface area contributed by atoms with Crippen LogP contribution in [-0.2, 0) is 0 Å². The van der Waals surface area contributed by atoms with Crippen molar-refractivity contribution in [1.82, 2.24) is 15.2 Å². The molecule has 2 aromatic heterocycles. The third-order valence-corrected chi connectivity index (χ3v) is 3.51. The standard InChI is InChI=1S/C19H17N3/c1-3-7-17(16-10-5-4-8-14(16)2)18-13-21-22-19(18)15-9-6-11-20-12-15/h3-13H,2H2,1H3,(H,21,22)/b7-3-,17-16+. The van der Waals surface area contributed by atoms with Crippen LogP contribution in [-0.4, -0.2) is 15.2 Å². The van der Waals surface area contributed by atoms with Gasteiger partial charge >= 0.3 is 0 Å². The van der Waals surface area contributed by atoms with Gasteiger partial charge in [0.1, 0.15) is 5.69 Å². The van der Waals surface area contributed by atoms with Gasteiger partial charge in [-0.3, -0.25) is 10.1 Å². The third kappa shape index (κ3) is 2.61. The van der Waals surface area contributed by atoms with Crippen molar-refractivity contribution in [2.75, 3.05) is 0 Å². The molecule has 1 aromatic carbocycles. The van der Waals surface area contributed by atoms with E-state index in [1.54, 1.807) is 6.20 Å². The number of rotatable bonds is 3. The summed E-state index contributed by atoms with van der Waals surface area (Å²) in [5, 5.41) is 9.47. The van der Waals surface area contributed by atoms with E-state index in [4.69, 9.17) is 0 Å². The summed E-state index contributed by atoms with van der Waals surface area (Å²) >= 11 is 0. The highest BCUT2D eigenvalue weighted by Crippen LogP contribution is 2.25. The van der Waals surface area contributed by atoms with Crippen LogP contribution in [0.5, 0.6) is 0 Å². The SMILES string of the molecule is C=c1cccc/c1=C(/C=C\C)c1c[nH]nc1-c1cccnc1. The first-order valence-electron chi connectivity index (χ1n) is 7.17. The van der Waals surface area contributed by atoms with Crippen LogP contribution in [0.25, 0.3) is 23.4 Å². The minimum Gasteiger partial charge on any atom is -0.284 e. The Hall–Kier alpha value is -2.94. The minimum atomic E-state index is 0.893. The Morgan fingerprint density at radius 1 is 1.18 bits per heavy atom. The van der Waals surface area contributed by atoms with E-state index >= 15 is 0 Å². The van der Waals surface area contributed by atoms with Crippen LogP contribution in [0.2, 0.25) is 0 Å². The lowest BCUT2D eigenvalue weighted by atomic mass is 9.99. The van der Waals surface area contributed by atoms with Gasteiger partial charge < -0.3 is 0 Å². The Morgan fingerprint density at radius 2 is 2.05 bits per heavy atom. The summed E-state index contributed by atoms with van der Waals surface area (Å²) in [4.78, 5) is 4.18. The normalized spacial score (nSPS) is 12.6. The third-order valence-electron chi connectivity index (χ3n) is 3.51. The predicted octanol–water partition coefficient (Wildman–Crippen LogP) is 2.66.